The summed E-state index contributed by atoms with van der Waals surface area (Å²) in [6.07, 6.45) is 0. The molecule has 72 valence electrons. The zero-order valence-electron chi connectivity index (χ0n) is 7.48. The Balaban J connectivity index is 2.37. The second-order valence-corrected chi connectivity index (χ2v) is 3.99. The molecular formula is C11H10FNS. The molecule has 0 amide bonds. The van der Waals surface area contributed by atoms with Gasteiger partial charge in [0.1, 0.15) is 5.82 Å². The molecule has 0 aliphatic heterocycles. The number of hydrogen-bond donors (Lipinski definition) is 1. The van der Waals surface area contributed by atoms with Crippen molar-refractivity contribution in [2.75, 3.05) is 0 Å². The molecule has 2 rings (SSSR count). The molecule has 1 heterocycles. The van der Waals surface area contributed by atoms with Crippen LogP contribution in [0, 0.1) is 5.82 Å². The smallest absolute Gasteiger partial charge is 0.128 e. The van der Waals surface area contributed by atoms with Gasteiger partial charge in [-0.25, -0.2) is 4.39 Å². The predicted molar refractivity (Wildman–Crippen MR) is 56.7 cm³/mol. The van der Waals surface area contributed by atoms with Gasteiger partial charge in [-0.3, -0.25) is 0 Å². The van der Waals surface area contributed by atoms with Crippen LogP contribution in [0.3, 0.4) is 0 Å². The molecule has 0 aliphatic rings. The summed E-state index contributed by atoms with van der Waals surface area (Å²) in [5.41, 5.74) is 6.48. The first kappa shape index (κ1) is 9.37. The van der Waals surface area contributed by atoms with Crippen molar-refractivity contribution in [2.45, 2.75) is 6.04 Å². The number of hydrogen-bond acceptors (Lipinski definition) is 2. The van der Waals surface area contributed by atoms with Gasteiger partial charge in [-0.05, 0) is 17.5 Å². The third kappa shape index (κ3) is 1.69. The Labute approximate surface area is 86.0 Å². The highest BCUT2D eigenvalue weighted by atomic mass is 32.1. The largest absolute Gasteiger partial charge is 0.320 e. The van der Waals surface area contributed by atoms with Gasteiger partial charge in [-0.2, -0.15) is 0 Å². The van der Waals surface area contributed by atoms with Gasteiger partial charge in [0, 0.05) is 10.4 Å². The van der Waals surface area contributed by atoms with Crippen molar-refractivity contribution in [3.8, 4) is 0 Å². The lowest BCUT2D eigenvalue weighted by molar-refractivity contribution is 0.601. The first-order valence-corrected chi connectivity index (χ1v) is 5.20. The standard InChI is InChI=1S/C11H10FNS/c12-9-5-2-1-4-8(9)11(13)10-6-3-7-14-10/h1-7,11H,13H2/t11-/m0/s1. The van der Waals surface area contributed by atoms with Gasteiger partial charge in [0.05, 0.1) is 6.04 Å². The van der Waals surface area contributed by atoms with Crippen LogP contribution in [0.25, 0.3) is 0 Å². The molecule has 3 heteroatoms. The molecule has 0 bridgehead atoms. The molecule has 2 aromatic rings. The zero-order chi connectivity index (χ0) is 9.97. The van der Waals surface area contributed by atoms with Crippen LogP contribution in [0.2, 0.25) is 0 Å². The van der Waals surface area contributed by atoms with Gasteiger partial charge < -0.3 is 5.73 Å². The maximum atomic E-state index is 13.4. The molecular weight excluding hydrogens is 197 g/mol. The van der Waals surface area contributed by atoms with Crippen molar-refractivity contribution in [3.63, 3.8) is 0 Å². The van der Waals surface area contributed by atoms with Crippen LogP contribution in [0.4, 0.5) is 4.39 Å². The molecule has 1 atom stereocenters. The minimum Gasteiger partial charge on any atom is -0.320 e. The molecule has 0 radical (unpaired) electrons. The van der Waals surface area contributed by atoms with Crippen molar-refractivity contribution >= 4 is 11.3 Å². The van der Waals surface area contributed by atoms with Gasteiger partial charge in [-0.1, -0.05) is 24.3 Å². The van der Waals surface area contributed by atoms with Crippen molar-refractivity contribution in [1.82, 2.24) is 0 Å². The Morgan fingerprint density at radius 2 is 1.93 bits per heavy atom. The number of thiophene rings is 1. The third-order valence-electron chi connectivity index (χ3n) is 2.09. The summed E-state index contributed by atoms with van der Waals surface area (Å²) in [6, 6.07) is 10.1. The highest BCUT2D eigenvalue weighted by Crippen LogP contribution is 2.25. The van der Waals surface area contributed by atoms with E-state index >= 15 is 0 Å². The Kier molecular flexibility index (Phi) is 2.61. The Morgan fingerprint density at radius 3 is 2.57 bits per heavy atom. The van der Waals surface area contributed by atoms with E-state index in [2.05, 4.69) is 0 Å². The lowest BCUT2D eigenvalue weighted by atomic mass is 10.1. The molecule has 0 unspecified atom stereocenters. The fourth-order valence-corrected chi connectivity index (χ4v) is 2.09. The average molecular weight is 207 g/mol. The van der Waals surface area contributed by atoms with Gasteiger partial charge in [-0.15, -0.1) is 11.3 Å². The van der Waals surface area contributed by atoms with Gasteiger partial charge in [0.2, 0.25) is 0 Å². The second-order valence-electron chi connectivity index (χ2n) is 3.01. The monoisotopic (exact) mass is 207 g/mol. The molecule has 0 fully saturated rings. The first-order chi connectivity index (χ1) is 6.79. The molecule has 2 N–H and O–H groups in total. The van der Waals surface area contributed by atoms with Crippen LogP contribution in [-0.4, -0.2) is 0 Å². The fourth-order valence-electron chi connectivity index (χ4n) is 1.35. The minimum atomic E-state index is -0.351. The number of halogens is 1. The molecule has 0 saturated heterocycles. The van der Waals surface area contributed by atoms with Crippen molar-refractivity contribution in [3.05, 3.63) is 58.0 Å². The van der Waals surface area contributed by atoms with E-state index in [9.17, 15) is 4.39 Å². The Bertz CT molecular complexity index is 411. The molecule has 1 nitrogen and oxygen atoms in total. The summed E-state index contributed by atoms with van der Waals surface area (Å²) in [4.78, 5) is 0.982. The van der Waals surface area contributed by atoms with Crippen molar-refractivity contribution < 1.29 is 4.39 Å². The summed E-state index contributed by atoms with van der Waals surface area (Å²) in [6.45, 7) is 0. The summed E-state index contributed by atoms with van der Waals surface area (Å²) in [5, 5.41) is 1.94. The maximum Gasteiger partial charge on any atom is 0.128 e. The normalized spacial score (nSPS) is 12.7. The lowest BCUT2D eigenvalue weighted by Gasteiger charge is -2.10. The maximum absolute atomic E-state index is 13.4. The van der Waals surface area contributed by atoms with Crippen LogP contribution in [0.1, 0.15) is 16.5 Å². The molecule has 0 spiro atoms. The van der Waals surface area contributed by atoms with E-state index < -0.39 is 0 Å². The SMILES string of the molecule is N[C@H](c1cccs1)c1ccccc1F. The van der Waals surface area contributed by atoms with Crippen LogP contribution in [0.5, 0.6) is 0 Å². The molecule has 0 saturated carbocycles. The van der Waals surface area contributed by atoms with Crippen molar-refractivity contribution in [1.29, 1.82) is 0 Å². The Morgan fingerprint density at radius 1 is 1.14 bits per heavy atom. The van der Waals surface area contributed by atoms with E-state index in [4.69, 9.17) is 5.73 Å². The van der Waals surface area contributed by atoms with E-state index in [1.807, 2.05) is 17.5 Å². The fraction of sp³-hybridized carbons (Fsp3) is 0.0909. The summed E-state index contributed by atoms with van der Waals surface area (Å²) >= 11 is 1.54. The van der Waals surface area contributed by atoms with E-state index in [0.29, 0.717) is 5.56 Å². The van der Waals surface area contributed by atoms with Crippen LogP contribution in [-0.2, 0) is 0 Å². The lowest BCUT2D eigenvalue weighted by Crippen LogP contribution is -2.11. The van der Waals surface area contributed by atoms with E-state index in [0.717, 1.165) is 4.88 Å². The number of benzene rings is 1. The van der Waals surface area contributed by atoms with E-state index in [1.54, 1.807) is 29.5 Å². The zero-order valence-corrected chi connectivity index (χ0v) is 8.30. The highest BCUT2D eigenvalue weighted by molar-refractivity contribution is 7.10. The van der Waals surface area contributed by atoms with E-state index in [-0.39, 0.29) is 11.9 Å². The van der Waals surface area contributed by atoms with Crippen LogP contribution < -0.4 is 5.73 Å². The third-order valence-corrected chi connectivity index (χ3v) is 3.05. The first-order valence-electron chi connectivity index (χ1n) is 4.32. The van der Waals surface area contributed by atoms with Gasteiger partial charge >= 0.3 is 0 Å². The van der Waals surface area contributed by atoms with Crippen LogP contribution >= 0.6 is 11.3 Å². The quantitative estimate of drug-likeness (QED) is 0.805. The topological polar surface area (TPSA) is 26.0 Å². The Hall–Kier alpha value is -1.19. The summed E-state index contributed by atoms with van der Waals surface area (Å²) in [5.74, 6) is -0.242. The van der Waals surface area contributed by atoms with Crippen LogP contribution in [0.15, 0.2) is 41.8 Å². The molecule has 1 aromatic carbocycles. The van der Waals surface area contributed by atoms with E-state index in [1.165, 1.54) is 6.07 Å². The molecule has 14 heavy (non-hydrogen) atoms. The molecule has 1 aromatic heterocycles. The second kappa shape index (κ2) is 3.90. The van der Waals surface area contributed by atoms with Crippen molar-refractivity contribution in [2.24, 2.45) is 5.73 Å². The average Bonchev–Trinajstić information content (AvgIpc) is 2.70. The summed E-state index contributed by atoms with van der Waals surface area (Å²) in [7, 11) is 0. The van der Waals surface area contributed by atoms with Gasteiger partial charge in [0.15, 0.2) is 0 Å². The van der Waals surface area contributed by atoms with Gasteiger partial charge in [0.25, 0.3) is 0 Å². The minimum absolute atomic E-state index is 0.242. The summed E-state index contributed by atoms with van der Waals surface area (Å²) < 4.78 is 13.4. The highest BCUT2D eigenvalue weighted by Gasteiger charge is 2.13. The number of nitrogens with two attached hydrogens (primary N) is 1. The number of rotatable bonds is 2. The predicted octanol–water partition coefficient (Wildman–Crippen LogP) is 2.94. The molecule has 0 aliphatic carbocycles.